The van der Waals surface area contributed by atoms with Crippen LogP contribution in [0.15, 0.2) is 78.9 Å². The van der Waals surface area contributed by atoms with Gasteiger partial charge in [-0.1, -0.05) is 66.5 Å². The predicted molar refractivity (Wildman–Crippen MR) is 131 cm³/mol. The van der Waals surface area contributed by atoms with E-state index in [1.54, 1.807) is 0 Å². The van der Waals surface area contributed by atoms with E-state index >= 15 is 0 Å². The molecule has 0 aliphatic heterocycles. The van der Waals surface area contributed by atoms with Crippen molar-refractivity contribution in [2.75, 3.05) is 11.9 Å². The Labute approximate surface area is 190 Å². The van der Waals surface area contributed by atoms with Gasteiger partial charge in [-0.25, -0.2) is 0 Å². The first kappa shape index (κ1) is 22.8. The normalized spacial score (nSPS) is 10.8. The van der Waals surface area contributed by atoms with Crippen molar-refractivity contribution in [3.63, 3.8) is 0 Å². The number of nitrogens with one attached hydrogen (secondary N) is 1. The van der Waals surface area contributed by atoms with Gasteiger partial charge in [0.15, 0.2) is 0 Å². The second-order valence-corrected chi connectivity index (χ2v) is 7.37. The van der Waals surface area contributed by atoms with Gasteiger partial charge in [-0.05, 0) is 61.9 Å². The third-order valence-corrected chi connectivity index (χ3v) is 4.82. The molecule has 0 radical (unpaired) electrons. The summed E-state index contributed by atoms with van der Waals surface area (Å²) < 4.78 is 0. The van der Waals surface area contributed by atoms with Crippen molar-refractivity contribution in [1.29, 1.82) is 0 Å². The summed E-state index contributed by atoms with van der Waals surface area (Å²) in [6.07, 6.45) is 2.28. The predicted octanol–water partition coefficient (Wildman–Crippen LogP) is 3.88. The molecule has 0 bridgehead atoms. The Kier molecular flexibility index (Phi) is 8.66. The molecule has 3 aromatic carbocycles. The first-order chi connectivity index (χ1) is 15.7. The molecule has 0 saturated carbocycles. The second kappa shape index (κ2) is 12.1. The number of carbonyl (C=O) groups is 1. The lowest BCUT2D eigenvalue weighted by atomic mass is 10.0. The van der Waals surface area contributed by atoms with Gasteiger partial charge >= 0.3 is 0 Å². The molecule has 1 atom stereocenters. The van der Waals surface area contributed by atoms with Crippen molar-refractivity contribution in [3.8, 4) is 23.7 Å². The third-order valence-electron chi connectivity index (χ3n) is 4.82. The van der Waals surface area contributed by atoms with Crippen molar-refractivity contribution < 1.29 is 4.79 Å². The molecule has 0 aromatic heterocycles. The number of hydrogen-bond donors (Lipinski definition) is 3. The highest BCUT2D eigenvalue weighted by Crippen LogP contribution is 2.16. The van der Waals surface area contributed by atoms with E-state index in [0.717, 1.165) is 35.1 Å². The standard InChI is InChI=1S/C28H27N3O/c29-20-8-7-13-27(30)28(32)31-26-19-18-24(16-14-22-9-3-1-4-10-22)25(21-26)17-15-23-11-5-2-6-12-23/h1-6,9-12,18-19,21,27H,7-8,13,20,29-30H2,(H,31,32)/t27-/m0/s1. The van der Waals surface area contributed by atoms with Crippen molar-refractivity contribution in [2.45, 2.75) is 25.3 Å². The van der Waals surface area contributed by atoms with Crippen LogP contribution in [0.2, 0.25) is 0 Å². The number of amides is 1. The zero-order valence-electron chi connectivity index (χ0n) is 18.0. The van der Waals surface area contributed by atoms with E-state index in [9.17, 15) is 4.79 Å². The van der Waals surface area contributed by atoms with Gasteiger partial charge in [-0.3, -0.25) is 4.79 Å². The number of hydrogen-bond acceptors (Lipinski definition) is 3. The fourth-order valence-corrected chi connectivity index (χ4v) is 3.03. The molecule has 4 heteroatoms. The molecular formula is C28H27N3O. The molecule has 1 amide bonds. The first-order valence-corrected chi connectivity index (χ1v) is 10.7. The van der Waals surface area contributed by atoms with Crippen molar-refractivity contribution in [3.05, 3.63) is 101 Å². The fourth-order valence-electron chi connectivity index (χ4n) is 3.03. The van der Waals surface area contributed by atoms with Crippen LogP contribution in [0.25, 0.3) is 0 Å². The van der Waals surface area contributed by atoms with Crippen LogP contribution in [0.3, 0.4) is 0 Å². The molecule has 0 unspecified atom stereocenters. The Morgan fingerprint density at radius 2 is 1.38 bits per heavy atom. The molecule has 0 heterocycles. The summed E-state index contributed by atoms with van der Waals surface area (Å²) >= 11 is 0. The topological polar surface area (TPSA) is 81.1 Å². The monoisotopic (exact) mass is 421 g/mol. The van der Waals surface area contributed by atoms with E-state index < -0.39 is 6.04 Å². The Balaban J connectivity index is 1.85. The van der Waals surface area contributed by atoms with Crippen LogP contribution in [0.1, 0.15) is 41.5 Å². The minimum absolute atomic E-state index is 0.216. The lowest BCUT2D eigenvalue weighted by molar-refractivity contribution is -0.117. The molecule has 0 aliphatic rings. The summed E-state index contributed by atoms with van der Waals surface area (Å²) in [6, 6.07) is 24.5. The van der Waals surface area contributed by atoms with Gasteiger partial charge in [0.05, 0.1) is 6.04 Å². The Morgan fingerprint density at radius 1 is 0.781 bits per heavy atom. The zero-order valence-corrected chi connectivity index (χ0v) is 18.0. The van der Waals surface area contributed by atoms with Crippen molar-refractivity contribution >= 4 is 11.6 Å². The molecular weight excluding hydrogens is 394 g/mol. The minimum atomic E-state index is -0.571. The lowest BCUT2D eigenvalue weighted by Crippen LogP contribution is -2.35. The number of rotatable bonds is 6. The van der Waals surface area contributed by atoms with Crippen LogP contribution in [0.5, 0.6) is 0 Å². The van der Waals surface area contributed by atoms with E-state index in [-0.39, 0.29) is 5.91 Å². The number of nitrogens with two attached hydrogens (primary N) is 2. The Bertz CT molecular complexity index is 1150. The number of unbranched alkanes of at least 4 members (excludes halogenated alkanes) is 1. The Morgan fingerprint density at radius 3 is 1.97 bits per heavy atom. The van der Waals surface area contributed by atoms with Gasteiger partial charge in [-0.15, -0.1) is 0 Å². The SMILES string of the molecule is NCCCC[C@H](N)C(=O)Nc1ccc(C#Cc2ccccc2)c(C#Cc2ccccc2)c1. The number of benzene rings is 3. The Hall–Kier alpha value is -3.83. The highest BCUT2D eigenvalue weighted by molar-refractivity contribution is 5.94. The van der Waals surface area contributed by atoms with Gasteiger partial charge in [-0.2, -0.15) is 0 Å². The average molecular weight is 422 g/mol. The van der Waals surface area contributed by atoms with Gasteiger partial charge in [0.2, 0.25) is 5.91 Å². The molecule has 160 valence electrons. The summed E-state index contributed by atoms with van der Waals surface area (Å²) in [6.45, 7) is 0.600. The van der Waals surface area contributed by atoms with Gasteiger partial charge in [0.1, 0.15) is 0 Å². The van der Waals surface area contributed by atoms with Crippen LogP contribution in [-0.2, 0) is 4.79 Å². The second-order valence-electron chi connectivity index (χ2n) is 7.37. The van der Waals surface area contributed by atoms with E-state index in [1.807, 2.05) is 78.9 Å². The van der Waals surface area contributed by atoms with Crippen molar-refractivity contribution in [1.82, 2.24) is 0 Å². The fraction of sp³-hybridized carbons (Fsp3) is 0.179. The van der Waals surface area contributed by atoms with E-state index in [4.69, 9.17) is 11.5 Å². The smallest absolute Gasteiger partial charge is 0.241 e. The molecule has 0 spiro atoms. The molecule has 0 aliphatic carbocycles. The molecule has 0 saturated heterocycles. The first-order valence-electron chi connectivity index (χ1n) is 10.7. The maximum atomic E-state index is 12.5. The summed E-state index contributed by atoms with van der Waals surface area (Å²) in [5.41, 5.74) is 15.5. The van der Waals surface area contributed by atoms with Crippen molar-refractivity contribution in [2.24, 2.45) is 11.5 Å². The largest absolute Gasteiger partial charge is 0.330 e. The summed E-state index contributed by atoms with van der Waals surface area (Å²) in [7, 11) is 0. The molecule has 4 nitrogen and oxygen atoms in total. The number of anilines is 1. The molecule has 3 aromatic rings. The maximum absolute atomic E-state index is 12.5. The van der Waals surface area contributed by atoms with Gasteiger partial charge in [0.25, 0.3) is 0 Å². The molecule has 5 N–H and O–H groups in total. The summed E-state index contributed by atoms with van der Waals surface area (Å²) in [5, 5.41) is 2.90. The van der Waals surface area contributed by atoms with Gasteiger partial charge in [0, 0.05) is 27.9 Å². The van der Waals surface area contributed by atoms with E-state index in [2.05, 4.69) is 29.0 Å². The zero-order chi connectivity index (χ0) is 22.6. The van der Waals surface area contributed by atoms with Crippen LogP contribution < -0.4 is 16.8 Å². The van der Waals surface area contributed by atoms with Crippen LogP contribution in [0.4, 0.5) is 5.69 Å². The van der Waals surface area contributed by atoms with E-state index in [0.29, 0.717) is 18.7 Å². The molecule has 0 fully saturated rings. The summed E-state index contributed by atoms with van der Waals surface area (Å²) in [4.78, 5) is 12.5. The molecule has 32 heavy (non-hydrogen) atoms. The maximum Gasteiger partial charge on any atom is 0.241 e. The average Bonchev–Trinajstić information content (AvgIpc) is 2.83. The highest BCUT2D eigenvalue weighted by Gasteiger charge is 2.13. The lowest BCUT2D eigenvalue weighted by Gasteiger charge is -2.12. The third kappa shape index (κ3) is 7.15. The van der Waals surface area contributed by atoms with E-state index in [1.165, 1.54) is 0 Å². The van der Waals surface area contributed by atoms with Crippen LogP contribution in [-0.4, -0.2) is 18.5 Å². The molecule has 3 rings (SSSR count). The summed E-state index contributed by atoms with van der Waals surface area (Å²) in [5.74, 6) is 12.5. The van der Waals surface area contributed by atoms with Gasteiger partial charge < -0.3 is 16.8 Å². The quantitative estimate of drug-likeness (QED) is 0.417. The van der Waals surface area contributed by atoms with Crippen LogP contribution >= 0.6 is 0 Å². The minimum Gasteiger partial charge on any atom is -0.330 e. The number of carbonyl (C=O) groups excluding carboxylic acids is 1. The highest BCUT2D eigenvalue weighted by atomic mass is 16.2. The van der Waals surface area contributed by atoms with Crippen LogP contribution in [0, 0.1) is 23.7 Å².